The summed E-state index contributed by atoms with van der Waals surface area (Å²) in [6.45, 7) is 0. The molecule has 0 fully saturated rings. The number of hydrogen-bond acceptors (Lipinski definition) is 5. The molecule has 0 atom stereocenters. The maximum atomic E-state index is 10.5. The summed E-state index contributed by atoms with van der Waals surface area (Å²) in [5, 5.41) is 23.3. The Labute approximate surface area is 89.5 Å². The molecule has 16 heavy (non-hydrogen) atoms. The van der Waals surface area contributed by atoms with Gasteiger partial charge in [0.05, 0.1) is 11.1 Å². The third-order valence-electron chi connectivity index (χ3n) is 1.62. The average Bonchev–Trinajstić information content (AvgIpc) is 2.19. The van der Waals surface area contributed by atoms with Gasteiger partial charge in [-0.2, -0.15) is 5.10 Å². The van der Waals surface area contributed by atoms with E-state index >= 15 is 0 Å². The Morgan fingerprint density at radius 1 is 1.62 bits per heavy atom. The first-order chi connectivity index (χ1) is 7.52. The Hall–Kier alpha value is -2.64. The number of phenols is 1. The molecule has 0 aliphatic rings. The molecule has 8 heteroatoms. The number of carbonyl (C=O) groups excluding carboxylic acids is 1. The van der Waals surface area contributed by atoms with Gasteiger partial charge in [0.1, 0.15) is 0 Å². The van der Waals surface area contributed by atoms with Crippen molar-refractivity contribution in [3.8, 4) is 5.75 Å². The van der Waals surface area contributed by atoms with Crippen molar-refractivity contribution in [3.63, 3.8) is 0 Å². The van der Waals surface area contributed by atoms with Crippen LogP contribution in [0.15, 0.2) is 23.3 Å². The summed E-state index contributed by atoms with van der Waals surface area (Å²) >= 11 is 0. The molecule has 0 unspecified atom stereocenters. The third-order valence-corrected chi connectivity index (χ3v) is 1.62. The maximum absolute atomic E-state index is 10.5. The van der Waals surface area contributed by atoms with Gasteiger partial charge in [0, 0.05) is 11.6 Å². The summed E-state index contributed by atoms with van der Waals surface area (Å²) in [6.07, 6.45) is 1.05. The molecule has 0 aliphatic heterocycles. The molecule has 2 amide bonds. The highest BCUT2D eigenvalue weighted by Crippen LogP contribution is 2.27. The van der Waals surface area contributed by atoms with Crippen LogP contribution in [0.4, 0.5) is 10.5 Å². The van der Waals surface area contributed by atoms with E-state index in [1.165, 1.54) is 12.1 Å². The standard InChI is InChI=1S/C8H8N4O4/c9-8(14)11-10-4-5-2-1-3-6(7(5)13)12(15)16/h1-4,13H,(H3,9,11,14)/b10-4-. The zero-order valence-electron chi connectivity index (χ0n) is 7.95. The van der Waals surface area contributed by atoms with Gasteiger partial charge in [-0.3, -0.25) is 10.1 Å². The van der Waals surface area contributed by atoms with Crippen molar-refractivity contribution in [1.82, 2.24) is 5.43 Å². The number of aromatic hydroxyl groups is 1. The molecule has 0 saturated carbocycles. The van der Waals surface area contributed by atoms with Gasteiger partial charge < -0.3 is 10.8 Å². The topological polar surface area (TPSA) is 131 Å². The summed E-state index contributed by atoms with van der Waals surface area (Å²) in [6, 6.07) is 3.05. The normalized spacial score (nSPS) is 10.2. The van der Waals surface area contributed by atoms with E-state index in [0.29, 0.717) is 0 Å². The maximum Gasteiger partial charge on any atom is 0.332 e. The number of carbonyl (C=O) groups is 1. The Balaban J connectivity index is 2.97. The van der Waals surface area contributed by atoms with E-state index < -0.39 is 22.4 Å². The predicted molar refractivity (Wildman–Crippen MR) is 55.1 cm³/mol. The van der Waals surface area contributed by atoms with Crippen LogP contribution in [0.3, 0.4) is 0 Å². The largest absolute Gasteiger partial charge is 0.502 e. The molecule has 1 aromatic carbocycles. The van der Waals surface area contributed by atoms with E-state index in [4.69, 9.17) is 5.73 Å². The average molecular weight is 224 g/mol. The number of benzene rings is 1. The van der Waals surface area contributed by atoms with Crippen molar-refractivity contribution in [2.24, 2.45) is 10.8 Å². The minimum absolute atomic E-state index is 0.1000. The summed E-state index contributed by atoms with van der Waals surface area (Å²) in [5.74, 6) is -0.525. The number of nitro groups is 1. The second-order valence-corrected chi connectivity index (χ2v) is 2.71. The Morgan fingerprint density at radius 2 is 2.31 bits per heavy atom. The molecule has 1 rings (SSSR count). The quantitative estimate of drug-likeness (QED) is 0.387. The molecular formula is C8H8N4O4. The molecule has 4 N–H and O–H groups in total. The Kier molecular flexibility index (Phi) is 3.38. The Morgan fingerprint density at radius 3 is 2.88 bits per heavy atom. The van der Waals surface area contributed by atoms with Crippen LogP contribution >= 0.6 is 0 Å². The Bertz CT molecular complexity index is 457. The van der Waals surface area contributed by atoms with Crippen LogP contribution in [0.1, 0.15) is 5.56 Å². The molecular weight excluding hydrogens is 216 g/mol. The zero-order valence-corrected chi connectivity index (χ0v) is 7.95. The lowest BCUT2D eigenvalue weighted by molar-refractivity contribution is -0.385. The number of phenolic OH excluding ortho intramolecular Hbond substituents is 1. The highest BCUT2D eigenvalue weighted by molar-refractivity contribution is 5.86. The summed E-state index contributed by atoms with van der Waals surface area (Å²) in [5.41, 5.74) is 6.29. The first-order valence-corrected chi connectivity index (χ1v) is 4.07. The lowest BCUT2D eigenvalue weighted by Crippen LogP contribution is -2.24. The van der Waals surface area contributed by atoms with Crippen LogP contribution in [0.5, 0.6) is 5.75 Å². The van der Waals surface area contributed by atoms with Gasteiger partial charge in [-0.15, -0.1) is 0 Å². The van der Waals surface area contributed by atoms with E-state index in [1.54, 1.807) is 0 Å². The molecule has 0 radical (unpaired) electrons. The highest BCUT2D eigenvalue weighted by Gasteiger charge is 2.14. The molecule has 0 bridgehead atoms. The number of para-hydroxylation sites is 1. The van der Waals surface area contributed by atoms with E-state index in [9.17, 15) is 20.0 Å². The molecule has 0 aliphatic carbocycles. The van der Waals surface area contributed by atoms with Crippen molar-refractivity contribution in [2.75, 3.05) is 0 Å². The van der Waals surface area contributed by atoms with E-state index in [2.05, 4.69) is 5.10 Å². The fourth-order valence-electron chi connectivity index (χ4n) is 0.966. The number of amides is 2. The second-order valence-electron chi connectivity index (χ2n) is 2.71. The molecule has 84 valence electrons. The first kappa shape index (κ1) is 11.4. The van der Waals surface area contributed by atoms with Crippen LogP contribution in [-0.4, -0.2) is 22.3 Å². The van der Waals surface area contributed by atoms with Gasteiger partial charge >= 0.3 is 11.7 Å². The van der Waals surface area contributed by atoms with Gasteiger partial charge in [-0.25, -0.2) is 10.2 Å². The van der Waals surface area contributed by atoms with Gasteiger partial charge in [0.25, 0.3) is 0 Å². The second kappa shape index (κ2) is 4.73. The molecule has 0 heterocycles. The molecule has 8 nitrogen and oxygen atoms in total. The minimum atomic E-state index is -0.874. The van der Waals surface area contributed by atoms with Gasteiger partial charge in [0.15, 0.2) is 0 Å². The van der Waals surface area contributed by atoms with Crippen LogP contribution in [-0.2, 0) is 0 Å². The van der Waals surface area contributed by atoms with E-state index in [0.717, 1.165) is 12.3 Å². The molecule has 0 aromatic heterocycles. The number of hydrazone groups is 1. The highest BCUT2D eigenvalue weighted by atomic mass is 16.6. The minimum Gasteiger partial charge on any atom is -0.502 e. The molecule has 0 saturated heterocycles. The van der Waals surface area contributed by atoms with Crippen molar-refractivity contribution in [1.29, 1.82) is 0 Å². The molecule has 1 aromatic rings. The monoisotopic (exact) mass is 224 g/mol. The number of nitrogens with two attached hydrogens (primary N) is 1. The number of rotatable bonds is 3. The van der Waals surface area contributed by atoms with Crippen molar-refractivity contribution in [3.05, 3.63) is 33.9 Å². The number of primary amides is 1. The van der Waals surface area contributed by atoms with Crippen molar-refractivity contribution in [2.45, 2.75) is 0 Å². The zero-order chi connectivity index (χ0) is 12.1. The van der Waals surface area contributed by atoms with Crippen molar-refractivity contribution >= 4 is 17.9 Å². The van der Waals surface area contributed by atoms with Gasteiger partial charge in [-0.05, 0) is 6.07 Å². The van der Waals surface area contributed by atoms with Crippen LogP contribution < -0.4 is 11.2 Å². The molecule has 0 spiro atoms. The number of urea groups is 1. The summed E-state index contributed by atoms with van der Waals surface area (Å²) in [7, 11) is 0. The van der Waals surface area contributed by atoms with Gasteiger partial charge in [0.2, 0.25) is 5.75 Å². The van der Waals surface area contributed by atoms with Crippen LogP contribution in [0, 0.1) is 10.1 Å². The lowest BCUT2D eigenvalue weighted by Gasteiger charge is -1.99. The fraction of sp³-hybridized carbons (Fsp3) is 0. The van der Waals surface area contributed by atoms with Crippen LogP contribution in [0.25, 0.3) is 0 Å². The predicted octanol–water partition coefficient (Wildman–Crippen LogP) is 0.303. The first-order valence-electron chi connectivity index (χ1n) is 4.07. The number of hydrogen-bond donors (Lipinski definition) is 3. The lowest BCUT2D eigenvalue weighted by atomic mass is 10.2. The van der Waals surface area contributed by atoms with E-state index in [1.807, 2.05) is 5.43 Å². The number of nitrogens with zero attached hydrogens (tertiary/aromatic N) is 2. The number of nitrogens with one attached hydrogen (secondary N) is 1. The third kappa shape index (κ3) is 2.67. The van der Waals surface area contributed by atoms with Gasteiger partial charge in [-0.1, -0.05) is 6.07 Å². The van der Waals surface area contributed by atoms with Crippen molar-refractivity contribution < 1.29 is 14.8 Å². The smallest absolute Gasteiger partial charge is 0.332 e. The van der Waals surface area contributed by atoms with E-state index in [-0.39, 0.29) is 5.56 Å². The van der Waals surface area contributed by atoms with Crippen LogP contribution in [0.2, 0.25) is 0 Å². The summed E-state index contributed by atoms with van der Waals surface area (Å²) in [4.78, 5) is 20.0. The number of nitro benzene ring substituents is 1. The summed E-state index contributed by atoms with van der Waals surface area (Å²) < 4.78 is 0. The SMILES string of the molecule is NC(=O)N/N=C\c1cccc([N+](=O)[O-])c1O. The fourth-order valence-corrected chi connectivity index (χ4v) is 0.966.